The molecule has 0 aromatic heterocycles. The number of hydrogen-bond donors (Lipinski definition) is 2. The minimum absolute atomic E-state index is 0.120. The molecule has 0 saturated carbocycles. The Morgan fingerprint density at radius 1 is 1.16 bits per heavy atom. The Morgan fingerprint density at radius 2 is 1.91 bits per heavy atom. The molecule has 4 rings (SSSR count). The van der Waals surface area contributed by atoms with Crippen molar-refractivity contribution in [3.8, 4) is 11.5 Å². The van der Waals surface area contributed by atoms with Crippen LogP contribution in [-0.4, -0.2) is 43.5 Å². The Morgan fingerprint density at radius 3 is 2.66 bits per heavy atom. The van der Waals surface area contributed by atoms with E-state index >= 15 is 0 Å². The van der Waals surface area contributed by atoms with Crippen molar-refractivity contribution in [2.24, 2.45) is 0 Å². The molecule has 2 aliphatic rings. The minimum Gasteiger partial charge on any atom is -0.493 e. The lowest BCUT2D eigenvalue weighted by Gasteiger charge is -2.27. The molecule has 8 nitrogen and oxygen atoms in total. The molecule has 2 aromatic carbocycles. The van der Waals surface area contributed by atoms with Gasteiger partial charge >= 0.3 is 6.03 Å². The lowest BCUT2D eigenvalue weighted by atomic mass is 9.88. The Bertz CT molecular complexity index is 1070. The van der Waals surface area contributed by atoms with Crippen LogP contribution < -0.4 is 20.1 Å². The summed E-state index contributed by atoms with van der Waals surface area (Å²) in [6, 6.07) is 12.3. The zero-order chi connectivity index (χ0) is 22.9. The summed E-state index contributed by atoms with van der Waals surface area (Å²) in [5, 5.41) is 5.72. The molecule has 2 unspecified atom stereocenters. The van der Waals surface area contributed by atoms with E-state index in [-0.39, 0.29) is 18.5 Å². The number of urea groups is 1. The molecular weight excluding hydrogens is 410 g/mol. The molecule has 168 valence electrons. The number of amides is 4. The average Bonchev–Trinajstić information content (AvgIpc) is 3.02. The van der Waals surface area contributed by atoms with Crippen LogP contribution >= 0.6 is 0 Å². The minimum atomic E-state index is -1.31. The van der Waals surface area contributed by atoms with Gasteiger partial charge in [-0.1, -0.05) is 30.3 Å². The maximum atomic E-state index is 13.2. The van der Waals surface area contributed by atoms with E-state index in [1.807, 2.05) is 18.2 Å². The second-order valence-electron chi connectivity index (χ2n) is 8.23. The first-order valence-corrected chi connectivity index (χ1v) is 10.6. The van der Waals surface area contributed by atoms with Crippen LogP contribution in [0, 0.1) is 0 Å². The molecule has 4 amide bonds. The van der Waals surface area contributed by atoms with Crippen molar-refractivity contribution in [2.75, 3.05) is 20.8 Å². The van der Waals surface area contributed by atoms with Crippen LogP contribution in [0.25, 0.3) is 0 Å². The number of hydrogen-bond acceptors (Lipinski definition) is 5. The number of benzene rings is 2. The summed E-state index contributed by atoms with van der Waals surface area (Å²) in [4.78, 5) is 39.6. The Hall–Kier alpha value is -3.55. The van der Waals surface area contributed by atoms with Crippen molar-refractivity contribution in [3.05, 3.63) is 59.2 Å². The van der Waals surface area contributed by atoms with Crippen LogP contribution in [0.15, 0.2) is 42.5 Å². The fourth-order valence-electron chi connectivity index (χ4n) is 4.47. The van der Waals surface area contributed by atoms with Gasteiger partial charge in [0.1, 0.15) is 12.1 Å². The van der Waals surface area contributed by atoms with Crippen molar-refractivity contribution in [3.63, 3.8) is 0 Å². The summed E-state index contributed by atoms with van der Waals surface area (Å²) in [6.07, 6.45) is 2.79. The highest BCUT2D eigenvalue weighted by atomic mass is 16.5. The summed E-state index contributed by atoms with van der Waals surface area (Å²) >= 11 is 0. The van der Waals surface area contributed by atoms with Gasteiger partial charge in [0.15, 0.2) is 11.5 Å². The van der Waals surface area contributed by atoms with Crippen molar-refractivity contribution in [1.29, 1.82) is 0 Å². The van der Waals surface area contributed by atoms with Crippen LogP contribution in [-0.2, 0) is 21.5 Å². The number of nitrogens with one attached hydrogen (secondary N) is 2. The summed E-state index contributed by atoms with van der Waals surface area (Å²) in [5.41, 5.74) is 1.55. The molecule has 0 radical (unpaired) electrons. The average molecular weight is 437 g/mol. The number of aryl methyl sites for hydroxylation is 1. The predicted octanol–water partition coefficient (Wildman–Crippen LogP) is 2.66. The molecule has 1 aliphatic carbocycles. The molecule has 0 spiro atoms. The van der Waals surface area contributed by atoms with Gasteiger partial charge in [-0.3, -0.25) is 14.5 Å². The molecule has 2 atom stereocenters. The summed E-state index contributed by atoms with van der Waals surface area (Å²) in [5.74, 6) is 0.0988. The van der Waals surface area contributed by atoms with E-state index < -0.39 is 17.5 Å². The van der Waals surface area contributed by atoms with E-state index in [0.29, 0.717) is 17.1 Å². The second kappa shape index (κ2) is 8.53. The van der Waals surface area contributed by atoms with Crippen LogP contribution in [0.1, 0.15) is 42.5 Å². The normalized spacial score (nSPS) is 22.2. The van der Waals surface area contributed by atoms with Crippen molar-refractivity contribution in [2.45, 2.75) is 37.8 Å². The van der Waals surface area contributed by atoms with E-state index in [1.165, 1.54) is 19.8 Å². The van der Waals surface area contributed by atoms with E-state index in [1.54, 1.807) is 25.1 Å². The summed E-state index contributed by atoms with van der Waals surface area (Å²) in [7, 11) is 3.02. The predicted molar refractivity (Wildman–Crippen MR) is 117 cm³/mol. The van der Waals surface area contributed by atoms with Gasteiger partial charge in [-0.25, -0.2) is 4.79 Å². The van der Waals surface area contributed by atoms with Gasteiger partial charge in [-0.05, 0) is 55.0 Å². The van der Waals surface area contributed by atoms with Gasteiger partial charge in [0.25, 0.3) is 5.91 Å². The number of methoxy groups -OCH3 is 2. The highest BCUT2D eigenvalue weighted by Gasteiger charge is 2.49. The molecule has 1 aliphatic heterocycles. The van der Waals surface area contributed by atoms with Gasteiger partial charge in [0.05, 0.1) is 20.3 Å². The molecule has 1 saturated heterocycles. The molecule has 8 heteroatoms. The zero-order valence-corrected chi connectivity index (χ0v) is 18.4. The fraction of sp³-hybridized carbons (Fsp3) is 0.375. The maximum absolute atomic E-state index is 13.2. The van der Waals surface area contributed by atoms with Crippen molar-refractivity contribution >= 4 is 17.8 Å². The third-order valence-electron chi connectivity index (χ3n) is 6.24. The fourth-order valence-corrected chi connectivity index (χ4v) is 4.47. The van der Waals surface area contributed by atoms with E-state index in [9.17, 15) is 14.4 Å². The molecule has 32 heavy (non-hydrogen) atoms. The number of fused-ring (bicyclic) bond motifs is 1. The number of carbonyl (C=O) groups is 3. The highest BCUT2D eigenvalue weighted by Crippen LogP contribution is 2.35. The molecule has 1 fully saturated rings. The van der Waals surface area contributed by atoms with Crippen LogP contribution in [0.3, 0.4) is 0 Å². The first-order valence-electron chi connectivity index (χ1n) is 10.6. The van der Waals surface area contributed by atoms with Gasteiger partial charge in [0.2, 0.25) is 5.91 Å². The number of carbonyl (C=O) groups excluding carboxylic acids is 3. The first-order chi connectivity index (χ1) is 15.4. The lowest BCUT2D eigenvalue weighted by Crippen LogP contribution is -2.44. The monoisotopic (exact) mass is 437 g/mol. The number of nitrogens with zero attached hydrogens (tertiary/aromatic N) is 1. The third kappa shape index (κ3) is 3.77. The quantitative estimate of drug-likeness (QED) is 0.678. The van der Waals surface area contributed by atoms with E-state index in [0.717, 1.165) is 29.7 Å². The van der Waals surface area contributed by atoms with E-state index in [2.05, 4.69) is 16.7 Å². The van der Waals surface area contributed by atoms with Gasteiger partial charge in [-0.2, -0.15) is 0 Å². The number of imide groups is 1. The van der Waals surface area contributed by atoms with Crippen molar-refractivity contribution < 1.29 is 23.9 Å². The van der Waals surface area contributed by atoms with Crippen LogP contribution in [0.5, 0.6) is 11.5 Å². The topological polar surface area (TPSA) is 97.0 Å². The van der Waals surface area contributed by atoms with Gasteiger partial charge < -0.3 is 20.1 Å². The molecule has 0 bridgehead atoms. The second-order valence-corrected chi connectivity index (χ2v) is 8.23. The standard InChI is InChI=1S/C24H27N3O5/c1-24(16-11-12-19(31-2)20(13-16)32-3)22(29)27(23(30)26-24)14-21(28)25-18-10-6-8-15-7-4-5-9-17(15)18/h4-5,7,9,11-13,18H,6,8,10,14H2,1-3H3,(H,25,28)(H,26,30). The van der Waals surface area contributed by atoms with Gasteiger partial charge in [0, 0.05) is 0 Å². The summed E-state index contributed by atoms with van der Waals surface area (Å²) < 4.78 is 10.6. The molecule has 2 aromatic rings. The molecule has 1 heterocycles. The number of ether oxygens (including phenoxy) is 2. The van der Waals surface area contributed by atoms with Crippen molar-refractivity contribution in [1.82, 2.24) is 15.5 Å². The highest BCUT2D eigenvalue weighted by molar-refractivity contribution is 6.09. The smallest absolute Gasteiger partial charge is 0.325 e. The largest absolute Gasteiger partial charge is 0.493 e. The van der Waals surface area contributed by atoms with Crippen LogP contribution in [0.4, 0.5) is 4.79 Å². The first kappa shape index (κ1) is 21.7. The Balaban J connectivity index is 1.49. The Kier molecular flexibility index (Phi) is 5.78. The lowest BCUT2D eigenvalue weighted by molar-refractivity contribution is -0.135. The van der Waals surface area contributed by atoms with Crippen LogP contribution in [0.2, 0.25) is 0 Å². The zero-order valence-electron chi connectivity index (χ0n) is 18.4. The maximum Gasteiger partial charge on any atom is 0.325 e. The summed E-state index contributed by atoms with van der Waals surface area (Å²) in [6.45, 7) is 1.27. The molecular formula is C24H27N3O5. The molecule has 2 N–H and O–H groups in total. The Labute approximate surface area is 186 Å². The third-order valence-corrected chi connectivity index (χ3v) is 6.24. The van der Waals surface area contributed by atoms with Gasteiger partial charge in [-0.15, -0.1) is 0 Å². The number of rotatable bonds is 6. The van der Waals surface area contributed by atoms with E-state index in [4.69, 9.17) is 9.47 Å². The SMILES string of the molecule is COc1ccc(C2(C)NC(=O)N(CC(=O)NC3CCCc4ccccc43)C2=O)cc1OC.